The van der Waals surface area contributed by atoms with Gasteiger partial charge < -0.3 is 9.84 Å². The Bertz CT molecular complexity index is 559. The number of aromatic hydroxyl groups is 1. The zero-order valence-electron chi connectivity index (χ0n) is 16.0. The van der Waals surface area contributed by atoms with Crippen LogP contribution in [0.25, 0.3) is 0 Å². The first-order valence-electron chi connectivity index (χ1n) is 9.12. The van der Waals surface area contributed by atoms with Gasteiger partial charge in [-0.05, 0) is 29.7 Å². The molecule has 0 spiro atoms. The lowest BCUT2D eigenvalue weighted by Crippen LogP contribution is -2.19. The van der Waals surface area contributed by atoms with Gasteiger partial charge >= 0.3 is 0 Å². The highest BCUT2D eigenvalue weighted by atomic mass is 16.5. The van der Waals surface area contributed by atoms with E-state index < -0.39 is 0 Å². The van der Waals surface area contributed by atoms with Gasteiger partial charge in [-0.15, -0.1) is 0 Å². The van der Waals surface area contributed by atoms with Crippen molar-refractivity contribution < 1.29 is 9.84 Å². The number of benzene rings is 1. The number of rotatable bonds is 4. The number of phenols is 1. The van der Waals surface area contributed by atoms with Crippen LogP contribution in [0.15, 0.2) is 6.07 Å². The van der Waals surface area contributed by atoms with E-state index in [1.807, 2.05) is 0 Å². The molecule has 1 aromatic rings. The third kappa shape index (κ3) is 3.84. The SMILES string of the molecule is CCCCCC1Cc2c(cc(C(C)(C)C)c(O)c2C(C)(C)C)O1. The first-order valence-corrected chi connectivity index (χ1v) is 9.12. The van der Waals surface area contributed by atoms with Crippen LogP contribution in [0.5, 0.6) is 11.5 Å². The van der Waals surface area contributed by atoms with E-state index >= 15 is 0 Å². The summed E-state index contributed by atoms with van der Waals surface area (Å²) in [6.45, 7) is 15.2. The maximum absolute atomic E-state index is 11.0. The van der Waals surface area contributed by atoms with E-state index in [-0.39, 0.29) is 16.9 Å². The number of phenolic OH excluding ortho intramolecular Hbond substituents is 1. The molecule has 0 aliphatic carbocycles. The zero-order valence-corrected chi connectivity index (χ0v) is 16.0. The van der Waals surface area contributed by atoms with Crippen molar-refractivity contribution in [3.63, 3.8) is 0 Å². The molecule has 0 saturated carbocycles. The molecule has 1 heterocycles. The van der Waals surface area contributed by atoms with Crippen LogP contribution in [-0.4, -0.2) is 11.2 Å². The molecular weight excluding hydrogens is 284 g/mol. The number of hydrogen-bond acceptors (Lipinski definition) is 2. The van der Waals surface area contributed by atoms with Gasteiger partial charge in [-0.25, -0.2) is 0 Å². The van der Waals surface area contributed by atoms with Gasteiger partial charge in [-0.2, -0.15) is 0 Å². The highest BCUT2D eigenvalue weighted by Crippen LogP contribution is 2.48. The topological polar surface area (TPSA) is 29.5 Å². The van der Waals surface area contributed by atoms with E-state index in [9.17, 15) is 5.11 Å². The van der Waals surface area contributed by atoms with Gasteiger partial charge in [0.05, 0.1) is 0 Å². The van der Waals surface area contributed by atoms with Crippen molar-refractivity contribution in [1.29, 1.82) is 0 Å². The molecule has 0 bridgehead atoms. The molecule has 0 aromatic heterocycles. The van der Waals surface area contributed by atoms with Crippen molar-refractivity contribution in [2.45, 2.75) is 97.5 Å². The predicted octanol–water partition coefficient (Wildman–Crippen LogP) is 5.87. The maximum atomic E-state index is 11.0. The lowest BCUT2D eigenvalue weighted by Gasteiger charge is -2.29. The van der Waals surface area contributed by atoms with E-state index in [2.05, 4.69) is 54.5 Å². The quantitative estimate of drug-likeness (QED) is 0.703. The van der Waals surface area contributed by atoms with Crippen LogP contribution >= 0.6 is 0 Å². The molecule has 1 N–H and O–H groups in total. The molecule has 2 rings (SSSR count). The van der Waals surface area contributed by atoms with Crippen molar-refractivity contribution >= 4 is 0 Å². The van der Waals surface area contributed by atoms with Gasteiger partial charge in [0.15, 0.2) is 0 Å². The van der Waals surface area contributed by atoms with Crippen LogP contribution in [0.2, 0.25) is 0 Å². The van der Waals surface area contributed by atoms with Crippen molar-refractivity contribution in [1.82, 2.24) is 0 Å². The largest absolute Gasteiger partial charge is 0.507 e. The van der Waals surface area contributed by atoms with Crippen LogP contribution < -0.4 is 4.74 Å². The Morgan fingerprint density at radius 3 is 2.26 bits per heavy atom. The van der Waals surface area contributed by atoms with Crippen molar-refractivity contribution in [2.75, 3.05) is 0 Å². The summed E-state index contributed by atoms with van der Waals surface area (Å²) in [6, 6.07) is 2.08. The second-order valence-corrected chi connectivity index (χ2v) is 9.06. The second-order valence-electron chi connectivity index (χ2n) is 9.06. The fourth-order valence-corrected chi connectivity index (χ4v) is 3.61. The standard InChI is InChI=1S/C21H34O2/c1-8-9-10-11-14-12-15-17(23-14)13-16(20(2,3)4)19(22)18(15)21(5,6)7/h13-14,22H,8-12H2,1-7H3. The number of fused-ring (bicyclic) bond motifs is 1. The number of unbranched alkanes of at least 4 members (excludes halogenated alkanes) is 2. The minimum atomic E-state index is -0.0945. The fraction of sp³-hybridized carbons (Fsp3) is 0.714. The monoisotopic (exact) mass is 318 g/mol. The Morgan fingerprint density at radius 1 is 1.09 bits per heavy atom. The molecular formula is C21H34O2. The van der Waals surface area contributed by atoms with Crippen LogP contribution in [0, 0.1) is 0 Å². The zero-order chi connectivity index (χ0) is 17.4. The van der Waals surface area contributed by atoms with Crippen LogP contribution in [0.3, 0.4) is 0 Å². The Kier molecular flexibility index (Phi) is 5.03. The first-order chi connectivity index (χ1) is 10.6. The highest BCUT2D eigenvalue weighted by molar-refractivity contribution is 5.59. The lowest BCUT2D eigenvalue weighted by molar-refractivity contribution is 0.216. The maximum Gasteiger partial charge on any atom is 0.123 e. The Hall–Kier alpha value is -1.18. The molecule has 1 aliphatic rings. The summed E-state index contributed by atoms with van der Waals surface area (Å²) < 4.78 is 6.27. The fourth-order valence-electron chi connectivity index (χ4n) is 3.61. The van der Waals surface area contributed by atoms with Gasteiger partial charge in [-0.1, -0.05) is 61.3 Å². The molecule has 1 atom stereocenters. The third-order valence-corrected chi connectivity index (χ3v) is 4.78. The first kappa shape index (κ1) is 18.2. The molecule has 1 aromatic carbocycles. The van der Waals surface area contributed by atoms with Gasteiger partial charge in [0.2, 0.25) is 0 Å². The van der Waals surface area contributed by atoms with E-state index in [4.69, 9.17) is 4.74 Å². The molecule has 1 aliphatic heterocycles. The van der Waals surface area contributed by atoms with Crippen LogP contribution in [0.1, 0.15) is 90.8 Å². The van der Waals surface area contributed by atoms with E-state index in [1.54, 1.807) is 0 Å². The average Bonchev–Trinajstić information content (AvgIpc) is 2.77. The normalized spacial score (nSPS) is 18.0. The highest BCUT2D eigenvalue weighted by Gasteiger charge is 2.35. The van der Waals surface area contributed by atoms with E-state index in [0.29, 0.717) is 5.75 Å². The molecule has 130 valence electrons. The lowest BCUT2D eigenvalue weighted by atomic mass is 9.76. The van der Waals surface area contributed by atoms with Gasteiger partial charge in [0, 0.05) is 23.1 Å². The molecule has 2 heteroatoms. The summed E-state index contributed by atoms with van der Waals surface area (Å²) in [5.74, 6) is 1.47. The summed E-state index contributed by atoms with van der Waals surface area (Å²) in [5, 5.41) is 11.0. The van der Waals surface area contributed by atoms with Crippen molar-refractivity contribution in [3.8, 4) is 11.5 Å². The summed E-state index contributed by atoms with van der Waals surface area (Å²) in [6.07, 6.45) is 6.04. The minimum absolute atomic E-state index is 0.0862. The molecule has 0 saturated heterocycles. The molecule has 2 nitrogen and oxygen atoms in total. The molecule has 23 heavy (non-hydrogen) atoms. The number of ether oxygens (including phenoxy) is 1. The summed E-state index contributed by atoms with van der Waals surface area (Å²) in [5.41, 5.74) is 3.12. The summed E-state index contributed by atoms with van der Waals surface area (Å²) in [4.78, 5) is 0. The third-order valence-electron chi connectivity index (χ3n) is 4.78. The summed E-state index contributed by atoms with van der Waals surface area (Å²) >= 11 is 0. The summed E-state index contributed by atoms with van der Waals surface area (Å²) in [7, 11) is 0. The second kappa shape index (κ2) is 6.37. The van der Waals surface area contributed by atoms with Gasteiger partial charge in [0.1, 0.15) is 17.6 Å². The van der Waals surface area contributed by atoms with Crippen LogP contribution in [-0.2, 0) is 17.3 Å². The minimum Gasteiger partial charge on any atom is -0.507 e. The van der Waals surface area contributed by atoms with Crippen molar-refractivity contribution in [2.24, 2.45) is 0 Å². The molecule has 0 fully saturated rings. The smallest absolute Gasteiger partial charge is 0.123 e. The Morgan fingerprint density at radius 2 is 1.74 bits per heavy atom. The average molecular weight is 319 g/mol. The van der Waals surface area contributed by atoms with Gasteiger partial charge in [0.25, 0.3) is 0 Å². The van der Waals surface area contributed by atoms with E-state index in [0.717, 1.165) is 29.7 Å². The Labute approximate surface area is 142 Å². The molecule has 0 amide bonds. The number of hydrogen-bond donors (Lipinski definition) is 1. The molecule has 1 unspecified atom stereocenters. The van der Waals surface area contributed by atoms with E-state index in [1.165, 1.54) is 24.8 Å². The van der Waals surface area contributed by atoms with Crippen molar-refractivity contribution in [3.05, 3.63) is 22.8 Å². The Balaban J connectivity index is 2.43. The predicted molar refractivity (Wildman–Crippen MR) is 97.8 cm³/mol. The van der Waals surface area contributed by atoms with Crippen LogP contribution in [0.4, 0.5) is 0 Å². The molecule has 0 radical (unpaired) electrons. The van der Waals surface area contributed by atoms with Gasteiger partial charge in [-0.3, -0.25) is 0 Å².